The Morgan fingerprint density at radius 2 is 2.11 bits per heavy atom. The van der Waals surface area contributed by atoms with E-state index in [0.717, 1.165) is 24.4 Å². The Kier molecular flexibility index (Phi) is 6.28. The van der Waals surface area contributed by atoms with Crippen molar-refractivity contribution in [3.05, 3.63) is 29.8 Å². The predicted octanol–water partition coefficient (Wildman–Crippen LogP) is 2.02. The molecule has 2 rings (SSSR count). The fourth-order valence-electron chi connectivity index (χ4n) is 2.11. The van der Waals surface area contributed by atoms with Gasteiger partial charge in [-0.05, 0) is 31.2 Å². The first-order valence-electron chi connectivity index (χ1n) is 6.20. The highest BCUT2D eigenvalue weighted by atomic mass is 35.5. The number of Topliss-reactive ketones (excluding diaryl/α,β-unsaturated/α-hetero) is 1. The van der Waals surface area contributed by atoms with Crippen molar-refractivity contribution in [1.82, 2.24) is 4.90 Å². The third-order valence-corrected chi connectivity index (χ3v) is 3.10. The van der Waals surface area contributed by atoms with E-state index in [-0.39, 0.29) is 24.3 Å². The summed E-state index contributed by atoms with van der Waals surface area (Å²) >= 11 is 0. The summed E-state index contributed by atoms with van der Waals surface area (Å²) in [5, 5.41) is 0. The molecule has 0 saturated carbocycles. The van der Waals surface area contributed by atoms with E-state index in [4.69, 9.17) is 9.47 Å². The molecule has 1 fully saturated rings. The number of nitrogens with zero attached hydrogens (tertiary/aromatic N) is 1. The molecule has 0 N–H and O–H groups in total. The molecular formula is C14H20ClNO3. The average molecular weight is 286 g/mol. The maximum atomic E-state index is 12.1. The zero-order valence-electron chi connectivity index (χ0n) is 11.3. The molecule has 1 heterocycles. The van der Waals surface area contributed by atoms with Crippen LogP contribution in [0.25, 0.3) is 0 Å². The van der Waals surface area contributed by atoms with Crippen molar-refractivity contribution in [3.63, 3.8) is 0 Å². The van der Waals surface area contributed by atoms with Crippen molar-refractivity contribution in [2.75, 3.05) is 33.4 Å². The highest BCUT2D eigenvalue weighted by Crippen LogP contribution is 2.13. The number of benzene rings is 1. The Balaban J connectivity index is 0.00000180. The van der Waals surface area contributed by atoms with Gasteiger partial charge in [0.1, 0.15) is 5.75 Å². The van der Waals surface area contributed by atoms with Crippen LogP contribution in [-0.4, -0.2) is 50.1 Å². The van der Waals surface area contributed by atoms with Crippen molar-refractivity contribution in [2.24, 2.45) is 0 Å². The number of hydrogen-bond donors (Lipinski definition) is 0. The van der Waals surface area contributed by atoms with E-state index >= 15 is 0 Å². The van der Waals surface area contributed by atoms with Gasteiger partial charge in [0.25, 0.3) is 0 Å². The third kappa shape index (κ3) is 4.49. The van der Waals surface area contributed by atoms with Crippen molar-refractivity contribution in [2.45, 2.75) is 13.0 Å². The average Bonchev–Trinajstić information content (AvgIpc) is 2.39. The smallest absolute Gasteiger partial charge is 0.176 e. The number of ketones is 1. The molecule has 5 heteroatoms. The first-order chi connectivity index (χ1) is 8.69. The molecule has 0 aliphatic carbocycles. The molecule has 0 spiro atoms. The number of morpholine rings is 1. The van der Waals surface area contributed by atoms with Gasteiger partial charge in [-0.25, -0.2) is 0 Å². The molecular weight excluding hydrogens is 266 g/mol. The summed E-state index contributed by atoms with van der Waals surface area (Å²) in [6.45, 7) is 4.84. The summed E-state index contributed by atoms with van der Waals surface area (Å²) in [7, 11) is 1.62. The summed E-state index contributed by atoms with van der Waals surface area (Å²) in [5.74, 6) is 0.915. The summed E-state index contributed by atoms with van der Waals surface area (Å²) in [5.41, 5.74) is 0.731. The van der Waals surface area contributed by atoms with Crippen molar-refractivity contribution >= 4 is 18.2 Å². The topological polar surface area (TPSA) is 38.8 Å². The quantitative estimate of drug-likeness (QED) is 0.794. The van der Waals surface area contributed by atoms with Gasteiger partial charge in [0, 0.05) is 18.7 Å². The van der Waals surface area contributed by atoms with Gasteiger partial charge in [-0.15, -0.1) is 12.4 Å². The Labute approximate surface area is 120 Å². The fraction of sp³-hybridized carbons (Fsp3) is 0.500. The van der Waals surface area contributed by atoms with Crippen LogP contribution in [0.1, 0.15) is 17.3 Å². The second-order valence-electron chi connectivity index (χ2n) is 4.57. The van der Waals surface area contributed by atoms with Gasteiger partial charge < -0.3 is 9.47 Å². The van der Waals surface area contributed by atoms with Gasteiger partial charge in [0.05, 0.1) is 26.4 Å². The third-order valence-electron chi connectivity index (χ3n) is 3.10. The lowest BCUT2D eigenvalue weighted by Crippen LogP contribution is -2.43. The number of carbonyl (C=O) groups is 1. The monoisotopic (exact) mass is 285 g/mol. The maximum absolute atomic E-state index is 12.1. The first-order valence-corrected chi connectivity index (χ1v) is 6.20. The molecule has 1 unspecified atom stereocenters. The lowest BCUT2D eigenvalue weighted by Gasteiger charge is -2.30. The number of halogens is 1. The second kappa shape index (κ2) is 7.48. The Bertz CT molecular complexity index is 408. The van der Waals surface area contributed by atoms with Crippen molar-refractivity contribution in [1.29, 1.82) is 0 Å². The molecule has 0 radical (unpaired) electrons. The van der Waals surface area contributed by atoms with E-state index in [1.807, 2.05) is 31.2 Å². The number of hydrogen-bond acceptors (Lipinski definition) is 4. The number of rotatable bonds is 4. The van der Waals surface area contributed by atoms with E-state index in [1.54, 1.807) is 7.11 Å². The molecule has 0 aromatic heterocycles. The molecule has 4 nitrogen and oxygen atoms in total. The molecule has 1 saturated heterocycles. The van der Waals surface area contributed by atoms with Crippen LogP contribution in [0.2, 0.25) is 0 Å². The number of ether oxygens (including phenoxy) is 2. The van der Waals surface area contributed by atoms with Gasteiger partial charge in [-0.3, -0.25) is 9.69 Å². The number of carbonyl (C=O) groups excluding carboxylic acids is 1. The van der Waals surface area contributed by atoms with Crippen LogP contribution in [0.15, 0.2) is 24.3 Å². The van der Waals surface area contributed by atoms with Gasteiger partial charge in [0.15, 0.2) is 5.78 Å². The normalized spacial score (nSPS) is 19.6. The Hall–Kier alpha value is -1.10. The zero-order valence-corrected chi connectivity index (χ0v) is 12.1. The molecule has 106 valence electrons. The van der Waals surface area contributed by atoms with E-state index in [9.17, 15) is 4.79 Å². The highest BCUT2D eigenvalue weighted by molar-refractivity contribution is 5.97. The molecule has 1 aliphatic heterocycles. The van der Waals surface area contributed by atoms with Gasteiger partial charge >= 0.3 is 0 Å². The van der Waals surface area contributed by atoms with Crippen LogP contribution in [0.5, 0.6) is 5.75 Å². The van der Waals surface area contributed by atoms with Crippen LogP contribution in [0.3, 0.4) is 0 Å². The summed E-state index contributed by atoms with van der Waals surface area (Å²) in [6, 6.07) is 7.25. The van der Waals surface area contributed by atoms with Crippen LogP contribution >= 0.6 is 12.4 Å². The van der Waals surface area contributed by atoms with Crippen LogP contribution in [0.4, 0.5) is 0 Å². The second-order valence-corrected chi connectivity index (χ2v) is 4.57. The minimum Gasteiger partial charge on any atom is -0.497 e. The predicted molar refractivity (Wildman–Crippen MR) is 76.4 cm³/mol. The Morgan fingerprint density at radius 3 is 2.68 bits per heavy atom. The van der Waals surface area contributed by atoms with Gasteiger partial charge in [-0.2, -0.15) is 0 Å². The summed E-state index contributed by atoms with van der Waals surface area (Å²) < 4.78 is 10.5. The van der Waals surface area contributed by atoms with Gasteiger partial charge in [-0.1, -0.05) is 0 Å². The summed E-state index contributed by atoms with van der Waals surface area (Å²) in [4.78, 5) is 14.2. The standard InChI is InChI=1S/C14H19NO3.ClH/c1-11-9-15(7-8-18-11)10-14(16)12-3-5-13(17-2)6-4-12;/h3-6,11H,7-10H2,1-2H3;1H. The maximum Gasteiger partial charge on any atom is 0.176 e. The van der Waals surface area contributed by atoms with E-state index < -0.39 is 0 Å². The van der Waals surface area contributed by atoms with Crippen LogP contribution in [0, 0.1) is 0 Å². The lowest BCUT2D eigenvalue weighted by molar-refractivity contribution is -0.0158. The Morgan fingerprint density at radius 1 is 1.42 bits per heavy atom. The van der Waals surface area contributed by atoms with Crippen molar-refractivity contribution < 1.29 is 14.3 Å². The molecule has 1 aromatic rings. The highest BCUT2D eigenvalue weighted by Gasteiger charge is 2.19. The molecule has 0 bridgehead atoms. The van der Waals surface area contributed by atoms with E-state index in [1.165, 1.54) is 0 Å². The lowest BCUT2D eigenvalue weighted by atomic mass is 10.1. The van der Waals surface area contributed by atoms with Crippen LogP contribution < -0.4 is 4.74 Å². The van der Waals surface area contributed by atoms with Gasteiger partial charge in [0.2, 0.25) is 0 Å². The van der Waals surface area contributed by atoms with Crippen molar-refractivity contribution in [3.8, 4) is 5.75 Å². The molecule has 1 atom stereocenters. The first kappa shape index (κ1) is 16.0. The number of methoxy groups -OCH3 is 1. The minimum atomic E-state index is 0. The molecule has 1 aromatic carbocycles. The molecule has 1 aliphatic rings. The summed E-state index contributed by atoms with van der Waals surface area (Å²) in [6.07, 6.45) is 0.211. The van der Waals surface area contributed by atoms with E-state index in [0.29, 0.717) is 13.2 Å². The molecule has 0 amide bonds. The van der Waals surface area contributed by atoms with E-state index in [2.05, 4.69) is 4.90 Å². The minimum absolute atomic E-state index is 0. The fourth-order valence-corrected chi connectivity index (χ4v) is 2.11. The largest absolute Gasteiger partial charge is 0.497 e. The molecule has 19 heavy (non-hydrogen) atoms. The SMILES string of the molecule is COc1ccc(C(=O)CN2CCOC(C)C2)cc1.Cl. The van der Waals surface area contributed by atoms with Crippen LogP contribution in [-0.2, 0) is 4.74 Å². The zero-order chi connectivity index (χ0) is 13.0.